The van der Waals surface area contributed by atoms with Crippen molar-refractivity contribution in [1.29, 1.82) is 0 Å². The minimum Gasteiger partial charge on any atom is 0 e. The van der Waals surface area contributed by atoms with Crippen LogP contribution in [-0.2, 0) is 22.4 Å². The zero-order valence-corrected chi connectivity index (χ0v) is 9.95. The first-order chi connectivity index (χ1) is 1.73. The van der Waals surface area contributed by atoms with Gasteiger partial charge >= 0.3 is 52.7 Å². The molecule has 0 nitrogen and oxygen atoms in total. The zero-order chi connectivity index (χ0) is 3.58. The molecule has 39 valence electrons. The smallest absolute Gasteiger partial charge is 0 e. The van der Waals surface area contributed by atoms with Crippen molar-refractivity contribution in [1.82, 2.24) is 0 Å². The Morgan fingerprint density at radius 1 is 1.80 bits per heavy atom. The van der Waals surface area contributed by atoms with Gasteiger partial charge in [-0.15, -0.1) is 0 Å². The molecule has 0 N–H and O–H groups in total. The first-order valence-corrected chi connectivity index (χ1v) is 14.3. The summed E-state index contributed by atoms with van der Waals surface area (Å²) in [5.41, 5.74) is 0. The molecule has 0 heterocycles. The first-order valence-electron chi connectivity index (χ1n) is 0.429. The third kappa shape index (κ3) is 19.5. The predicted octanol–water partition coefficient (Wildman–Crippen LogP) is 3.30. The largest absolute Gasteiger partial charge is 0 e. The maximum Gasteiger partial charge on any atom is 0 e. The average Bonchev–Trinajstić information content (AvgIpc) is 0.811. The Balaban J connectivity index is 0. The maximum atomic E-state index is 5.33. The summed E-state index contributed by atoms with van der Waals surface area (Å²) in [4.78, 5) is 0. The Hall–Kier alpha value is 2.97. The van der Waals surface area contributed by atoms with E-state index in [2.05, 4.69) is 31.3 Å². The van der Waals surface area contributed by atoms with E-state index in [1.807, 2.05) is 0 Å². The van der Waals surface area contributed by atoms with E-state index in [9.17, 15) is 0 Å². The molecule has 0 unspecified atom stereocenters. The van der Waals surface area contributed by atoms with Crippen LogP contribution in [0.1, 0.15) is 0 Å². The number of rotatable bonds is 0. The quantitative estimate of drug-likeness (QED) is 0.372. The van der Waals surface area contributed by atoms with Crippen LogP contribution in [0.5, 0.6) is 0 Å². The monoisotopic (exact) mass is 475 g/mol. The minimum absolute atomic E-state index is 0. The van der Waals surface area contributed by atoms with E-state index in [4.69, 9.17) is 8.91 Å². The first kappa shape index (κ1) is 10.9. The molecule has 5 heteroatoms. The van der Waals surface area contributed by atoms with Crippen LogP contribution in [0.15, 0.2) is 0 Å². The normalized spacial score (nSPS) is 9.00. The SMILES string of the molecule is ClI(Br)I.[Ag]. The predicted molar refractivity (Wildman–Crippen MR) is 42.8 cm³/mol. The van der Waals surface area contributed by atoms with Gasteiger partial charge in [-0.25, -0.2) is 0 Å². The van der Waals surface area contributed by atoms with E-state index in [1.54, 1.807) is 0 Å². The molecule has 5 heavy (non-hydrogen) atoms. The van der Waals surface area contributed by atoms with Crippen molar-refractivity contribution >= 4 is 52.7 Å². The Bertz CT molecular complexity index is 14.4. The molecule has 0 aromatic heterocycles. The van der Waals surface area contributed by atoms with Crippen molar-refractivity contribution in [3.63, 3.8) is 0 Å². The van der Waals surface area contributed by atoms with Gasteiger partial charge in [0.2, 0.25) is 0 Å². The molecule has 0 aromatic carbocycles. The summed E-state index contributed by atoms with van der Waals surface area (Å²) >= 11 is 4.35. The second-order valence-corrected chi connectivity index (χ2v) is 25.6. The van der Waals surface area contributed by atoms with Crippen molar-refractivity contribution < 1.29 is 22.4 Å². The topological polar surface area (TPSA) is 0 Å². The third-order valence-corrected chi connectivity index (χ3v) is 0. The van der Waals surface area contributed by atoms with Crippen LogP contribution in [-0.4, -0.2) is 0 Å². The molecule has 0 fully saturated rings. The molecule has 0 atom stereocenters. The molecule has 0 saturated heterocycles. The second kappa shape index (κ2) is 6.97. The van der Waals surface area contributed by atoms with Crippen molar-refractivity contribution in [2.45, 2.75) is 0 Å². The van der Waals surface area contributed by atoms with Gasteiger partial charge in [0.15, 0.2) is 0 Å². The summed E-state index contributed by atoms with van der Waals surface area (Å²) in [5.74, 6) is 0. The van der Waals surface area contributed by atoms with E-state index in [1.165, 1.54) is 0 Å². The molecule has 0 amide bonds. The molecule has 0 rings (SSSR count). The summed E-state index contributed by atoms with van der Waals surface area (Å²) in [7, 11) is 5.33. The van der Waals surface area contributed by atoms with E-state index in [-0.39, 0.29) is 22.4 Å². The Kier molecular flexibility index (Phi) is 15.1. The van der Waals surface area contributed by atoms with E-state index >= 15 is 0 Å². The standard InChI is InChI=1S/Ag.BrClI2/c;1-4(2)3. The summed E-state index contributed by atoms with van der Waals surface area (Å²) in [5, 5.41) is 0. The number of hydrogen-bond acceptors (Lipinski definition) is 0. The van der Waals surface area contributed by atoms with Gasteiger partial charge in [0.25, 0.3) is 0 Å². The van der Waals surface area contributed by atoms with E-state index in [0.717, 1.165) is 0 Å². The zero-order valence-electron chi connectivity index (χ0n) is 1.81. The molecule has 0 aliphatic heterocycles. The van der Waals surface area contributed by atoms with Crippen molar-refractivity contribution in [3.05, 3.63) is 0 Å². The molecular weight excluding hydrogens is 477 g/mol. The Labute approximate surface area is 73.3 Å². The van der Waals surface area contributed by atoms with E-state index in [0.29, 0.717) is 0 Å². The number of hydrogen-bond donors (Lipinski definition) is 0. The van der Waals surface area contributed by atoms with Crippen LogP contribution in [0.4, 0.5) is 0 Å². The van der Waals surface area contributed by atoms with E-state index < -0.39 is 12.5 Å². The Morgan fingerprint density at radius 2 is 1.80 bits per heavy atom. The maximum absolute atomic E-state index is 5.33. The molecule has 0 spiro atoms. The van der Waals surface area contributed by atoms with Crippen LogP contribution in [0, 0.1) is 0 Å². The molecule has 0 bridgehead atoms. The van der Waals surface area contributed by atoms with Crippen molar-refractivity contribution in [2.75, 3.05) is 0 Å². The van der Waals surface area contributed by atoms with Gasteiger partial charge in [-0.2, -0.15) is 0 Å². The molecule has 0 aliphatic rings. The summed E-state index contributed by atoms with van der Waals surface area (Å²) in [6.07, 6.45) is 0. The van der Waals surface area contributed by atoms with Gasteiger partial charge in [0, 0.05) is 22.4 Å². The number of halogens is 4. The average molecular weight is 477 g/mol. The molecular formula is AgBrClI2. The van der Waals surface area contributed by atoms with Crippen LogP contribution >= 0.6 is 52.7 Å². The van der Waals surface area contributed by atoms with Crippen LogP contribution < -0.4 is 0 Å². The fraction of sp³-hybridized carbons (Fsp3) is 0. The van der Waals surface area contributed by atoms with Crippen LogP contribution in [0.2, 0.25) is 0 Å². The van der Waals surface area contributed by atoms with Crippen LogP contribution in [0.25, 0.3) is 0 Å². The molecule has 0 aromatic rings. The van der Waals surface area contributed by atoms with Gasteiger partial charge < -0.3 is 0 Å². The van der Waals surface area contributed by atoms with Gasteiger partial charge in [0.1, 0.15) is 0 Å². The minimum atomic E-state index is -1.01. The van der Waals surface area contributed by atoms with Gasteiger partial charge in [-0.1, -0.05) is 0 Å². The molecule has 0 saturated carbocycles. The fourth-order valence-corrected chi connectivity index (χ4v) is 0. The van der Waals surface area contributed by atoms with Gasteiger partial charge in [0.05, 0.1) is 0 Å². The van der Waals surface area contributed by atoms with Crippen molar-refractivity contribution in [2.24, 2.45) is 0 Å². The Morgan fingerprint density at radius 3 is 1.80 bits per heavy atom. The van der Waals surface area contributed by atoms with Crippen LogP contribution in [0.3, 0.4) is 0 Å². The second-order valence-electron chi connectivity index (χ2n) is 0.162. The van der Waals surface area contributed by atoms with Crippen molar-refractivity contribution in [3.8, 4) is 0 Å². The summed E-state index contributed by atoms with van der Waals surface area (Å²) in [6.45, 7) is 0. The molecule has 1 radical (unpaired) electrons. The summed E-state index contributed by atoms with van der Waals surface area (Å²) < 4.78 is 0. The molecule has 0 aliphatic carbocycles. The fourth-order valence-electron chi connectivity index (χ4n) is 0. The van der Waals surface area contributed by atoms with Gasteiger partial charge in [-0.05, 0) is 0 Å². The van der Waals surface area contributed by atoms with Gasteiger partial charge in [-0.3, -0.25) is 0 Å². The summed E-state index contributed by atoms with van der Waals surface area (Å²) in [6, 6.07) is 0. The third-order valence-electron chi connectivity index (χ3n) is 0.